The Bertz CT molecular complexity index is 402. The number of aliphatic hydroxyl groups excluding tert-OH is 1. The van der Waals surface area contributed by atoms with E-state index in [2.05, 4.69) is 18.7 Å². The van der Waals surface area contributed by atoms with Gasteiger partial charge in [0.15, 0.2) is 5.13 Å². The molecule has 0 atom stereocenters. The van der Waals surface area contributed by atoms with Crippen LogP contribution in [0, 0.1) is 5.92 Å². The number of nitrogens with zero attached hydrogens (tertiary/aromatic N) is 2. The Morgan fingerprint density at radius 3 is 2.74 bits per heavy atom. The fraction of sp³-hybridized carbons (Fsp3) is 0.786. The molecule has 0 spiro atoms. The van der Waals surface area contributed by atoms with E-state index in [4.69, 9.17) is 9.72 Å². The van der Waals surface area contributed by atoms with Gasteiger partial charge in [-0.2, -0.15) is 0 Å². The first-order valence-electron chi connectivity index (χ1n) is 7.00. The van der Waals surface area contributed by atoms with E-state index in [1.807, 2.05) is 0 Å². The molecule has 4 nitrogen and oxygen atoms in total. The van der Waals surface area contributed by atoms with E-state index in [0.717, 1.165) is 28.8 Å². The van der Waals surface area contributed by atoms with Crippen molar-refractivity contribution in [2.45, 2.75) is 39.2 Å². The lowest BCUT2D eigenvalue weighted by Crippen LogP contribution is -2.30. The van der Waals surface area contributed by atoms with Crippen molar-refractivity contribution in [2.75, 3.05) is 31.7 Å². The Balaban J connectivity index is 2.14. The lowest BCUT2D eigenvalue weighted by atomic mass is 10.2. The van der Waals surface area contributed by atoms with Crippen LogP contribution < -0.4 is 4.90 Å². The maximum absolute atomic E-state index is 9.48. The van der Waals surface area contributed by atoms with Crippen LogP contribution >= 0.6 is 11.3 Å². The summed E-state index contributed by atoms with van der Waals surface area (Å²) in [6.07, 6.45) is 2.44. The van der Waals surface area contributed by atoms with Gasteiger partial charge in [-0.25, -0.2) is 4.98 Å². The van der Waals surface area contributed by atoms with Crippen molar-refractivity contribution >= 4 is 16.5 Å². The maximum atomic E-state index is 9.48. The molecule has 1 fully saturated rings. The summed E-state index contributed by atoms with van der Waals surface area (Å²) in [5.74, 6) is 1.18. The molecule has 1 N–H and O–H groups in total. The van der Waals surface area contributed by atoms with Gasteiger partial charge in [0.2, 0.25) is 0 Å². The van der Waals surface area contributed by atoms with Crippen molar-refractivity contribution in [2.24, 2.45) is 5.92 Å². The van der Waals surface area contributed by atoms with E-state index >= 15 is 0 Å². The second-order valence-electron chi connectivity index (χ2n) is 5.57. The summed E-state index contributed by atoms with van der Waals surface area (Å²) in [7, 11) is 1.73. The second kappa shape index (κ2) is 6.68. The Hall–Kier alpha value is -0.650. The topological polar surface area (TPSA) is 45.6 Å². The lowest BCUT2D eigenvalue weighted by molar-refractivity contribution is 0.204. The largest absolute Gasteiger partial charge is 0.391 e. The molecule has 1 aromatic rings. The number of ether oxygens (including phenoxy) is 1. The number of methoxy groups -OCH3 is 1. The molecule has 5 heteroatoms. The molecule has 0 aromatic carbocycles. The number of hydrogen-bond acceptors (Lipinski definition) is 5. The maximum Gasteiger partial charge on any atom is 0.185 e. The van der Waals surface area contributed by atoms with E-state index in [1.165, 1.54) is 12.8 Å². The number of anilines is 1. The molecule has 0 amide bonds. The van der Waals surface area contributed by atoms with Gasteiger partial charge in [-0.1, -0.05) is 25.2 Å². The standard InChI is InChI=1S/C14H24N2O2S/c1-10(2)8-16(6-7-18-3)14-15-13(11-4-5-11)12(9-17)19-14/h10-11,17H,4-9H2,1-3H3. The molecular formula is C14H24N2O2S. The summed E-state index contributed by atoms with van der Waals surface area (Å²) in [6, 6.07) is 0. The number of hydrogen-bond donors (Lipinski definition) is 1. The Morgan fingerprint density at radius 2 is 2.21 bits per heavy atom. The normalized spacial score (nSPS) is 15.2. The van der Waals surface area contributed by atoms with Gasteiger partial charge in [0, 0.05) is 26.1 Å². The third kappa shape index (κ3) is 3.91. The van der Waals surface area contributed by atoms with Crippen molar-refractivity contribution in [1.29, 1.82) is 0 Å². The summed E-state index contributed by atoms with van der Waals surface area (Å²) in [5, 5.41) is 10.5. The van der Waals surface area contributed by atoms with Crippen LogP contribution in [-0.4, -0.2) is 36.9 Å². The minimum absolute atomic E-state index is 0.114. The summed E-state index contributed by atoms with van der Waals surface area (Å²) in [5.41, 5.74) is 1.13. The molecule has 1 aromatic heterocycles. The molecule has 19 heavy (non-hydrogen) atoms. The van der Waals surface area contributed by atoms with E-state index < -0.39 is 0 Å². The molecule has 0 radical (unpaired) electrons. The third-order valence-corrected chi connectivity index (χ3v) is 4.36. The van der Waals surface area contributed by atoms with E-state index in [9.17, 15) is 5.11 Å². The highest BCUT2D eigenvalue weighted by Crippen LogP contribution is 2.44. The Labute approximate surface area is 119 Å². The van der Waals surface area contributed by atoms with Gasteiger partial charge < -0.3 is 14.7 Å². The first-order valence-corrected chi connectivity index (χ1v) is 7.81. The number of aliphatic hydroxyl groups is 1. The van der Waals surface area contributed by atoms with Crippen LogP contribution in [-0.2, 0) is 11.3 Å². The molecule has 108 valence electrons. The summed E-state index contributed by atoms with van der Waals surface area (Å²) < 4.78 is 5.18. The number of aromatic nitrogens is 1. The quantitative estimate of drug-likeness (QED) is 0.797. The van der Waals surface area contributed by atoms with Gasteiger partial charge in [-0.15, -0.1) is 0 Å². The van der Waals surface area contributed by atoms with Crippen molar-refractivity contribution in [1.82, 2.24) is 4.98 Å². The van der Waals surface area contributed by atoms with Gasteiger partial charge in [0.1, 0.15) is 0 Å². The number of thiazole rings is 1. The molecule has 0 aliphatic heterocycles. The van der Waals surface area contributed by atoms with Crippen LogP contribution in [0.25, 0.3) is 0 Å². The van der Waals surface area contributed by atoms with Crippen LogP contribution in [0.4, 0.5) is 5.13 Å². The molecule has 0 saturated heterocycles. The van der Waals surface area contributed by atoms with Gasteiger partial charge >= 0.3 is 0 Å². The van der Waals surface area contributed by atoms with E-state index in [0.29, 0.717) is 18.4 Å². The smallest absolute Gasteiger partial charge is 0.185 e. The Morgan fingerprint density at radius 1 is 1.47 bits per heavy atom. The molecule has 1 aliphatic rings. The summed E-state index contributed by atoms with van der Waals surface area (Å²) in [4.78, 5) is 8.10. The predicted octanol–water partition coefficient (Wildman–Crippen LogP) is 2.62. The predicted molar refractivity (Wildman–Crippen MR) is 78.9 cm³/mol. The average Bonchev–Trinajstić information content (AvgIpc) is 3.13. The molecule has 1 saturated carbocycles. The first kappa shape index (κ1) is 14.8. The zero-order valence-corrected chi connectivity index (χ0v) is 12.9. The van der Waals surface area contributed by atoms with Crippen molar-refractivity contribution in [3.63, 3.8) is 0 Å². The zero-order chi connectivity index (χ0) is 13.8. The molecule has 1 aliphatic carbocycles. The minimum atomic E-state index is 0.114. The molecule has 0 unspecified atom stereocenters. The molecular weight excluding hydrogens is 260 g/mol. The molecule has 1 heterocycles. The van der Waals surface area contributed by atoms with Crippen molar-refractivity contribution in [3.05, 3.63) is 10.6 Å². The van der Waals surface area contributed by atoms with E-state index in [1.54, 1.807) is 18.4 Å². The number of rotatable bonds is 8. The highest BCUT2D eigenvalue weighted by molar-refractivity contribution is 7.15. The van der Waals surface area contributed by atoms with Gasteiger partial charge in [0.25, 0.3) is 0 Å². The Kier molecular flexibility index (Phi) is 5.19. The lowest BCUT2D eigenvalue weighted by Gasteiger charge is -2.23. The van der Waals surface area contributed by atoms with Gasteiger partial charge in [-0.05, 0) is 18.8 Å². The van der Waals surface area contributed by atoms with Crippen molar-refractivity contribution in [3.8, 4) is 0 Å². The minimum Gasteiger partial charge on any atom is -0.391 e. The molecule has 0 bridgehead atoms. The first-order chi connectivity index (χ1) is 9.15. The van der Waals surface area contributed by atoms with Crippen LogP contribution in [0.3, 0.4) is 0 Å². The molecule has 2 rings (SSSR count). The zero-order valence-electron chi connectivity index (χ0n) is 12.1. The van der Waals surface area contributed by atoms with Crippen LogP contribution in [0.2, 0.25) is 0 Å². The van der Waals surface area contributed by atoms with Crippen LogP contribution in [0.15, 0.2) is 0 Å². The third-order valence-electron chi connectivity index (χ3n) is 3.25. The summed E-state index contributed by atoms with van der Waals surface area (Å²) >= 11 is 1.64. The van der Waals surface area contributed by atoms with Crippen LogP contribution in [0.5, 0.6) is 0 Å². The van der Waals surface area contributed by atoms with E-state index in [-0.39, 0.29) is 6.61 Å². The second-order valence-corrected chi connectivity index (χ2v) is 6.63. The highest BCUT2D eigenvalue weighted by atomic mass is 32.1. The van der Waals surface area contributed by atoms with Crippen LogP contribution in [0.1, 0.15) is 43.2 Å². The highest BCUT2D eigenvalue weighted by Gasteiger charge is 2.30. The fourth-order valence-electron chi connectivity index (χ4n) is 2.18. The SMILES string of the molecule is COCCN(CC(C)C)c1nc(C2CC2)c(CO)s1. The van der Waals surface area contributed by atoms with Gasteiger partial charge in [-0.3, -0.25) is 0 Å². The average molecular weight is 284 g/mol. The summed E-state index contributed by atoms with van der Waals surface area (Å²) in [6.45, 7) is 7.08. The van der Waals surface area contributed by atoms with Gasteiger partial charge in [0.05, 0.1) is 23.8 Å². The van der Waals surface area contributed by atoms with Crippen molar-refractivity contribution < 1.29 is 9.84 Å². The monoisotopic (exact) mass is 284 g/mol. The fourth-order valence-corrected chi connectivity index (χ4v) is 3.22.